The van der Waals surface area contributed by atoms with Crippen LogP contribution < -0.4 is 5.32 Å². The van der Waals surface area contributed by atoms with E-state index in [2.05, 4.69) is 21.2 Å². The summed E-state index contributed by atoms with van der Waals surface area (Å²) in [7, 11) is -3.71. The second kappa shape index (κ2) is 7.75. The van der Waals surface area contributed by atoms with Gasteiger partial charge in [-0.1, -0.05) is 12.1 Å². The van der Waals surface area contributed by atoms with Crippen molar-refractivity contribution in [3.05, 3.63) is 51.1 Å². The van der Waals surface area contributed by atoms with E-state index in [0.717, 1.165) is 15.1 Å². The first kappa shape index (κ1) is 19.5. The van der Waals surface area contributed by atoms with Gasteiger partial charge in [0.15, 0.2) is 0 Å². The third kappa shape index (κ3) is 4.00. The molecule has 1 amide bonds. The maximum atomic E-state index is 13.6. The number of rotatable bonds is 5. The van der Waals surface area contributed by atoms with Gasteiger partial charge in [0.1, 0.15) is 16.1 Å². The fourth-order valence-corrected chi connectivity index (χ4v) is 6.69. The first-order valence-corrected chi connectivity index (χ1v) is 11.1. The van der Waals surface area contributed by atoms with Crippen LogP contribution in [0.15, 0.2) is 38.3 Å². The Bertz CT molecular complexity index is 930. The molecule has 9 heteroatoms. The van der Waals surface area contributed by atoms with Crippen LogP contribution in [0.2, 0.25) is 0 Å². The number of halogens is 2. The first-order chi connectivity index (χ1) is 12.3. The minimum Gasteiger partial charge on any atom is -0.351 e. The third-order valence-electron chi connectivity index (χ3n) is 4.32. The largest absolute Gasteiger partial charge is 0.351 e. The molecule has 1 aliphatic heterocycles. The van der Waals surface area contributed by atoms with Crippen molar-refractivity contribution in [3.8, 4) is 0 Å². The van der Waals surface area contributed by atoms with Crippen molar-refractivity contribution in [1.82, 2.24) is 9.62 Å². The fraction of sp³-hybridized carbons (Fsp3) is 0.353. The molecule has 0 spiro atoms. The summed E-state index contributed by atoms with van der Waals surface area (Å²) in [5, 5.41) is 2.73. The number of thiophene rings is 1. The Morgan fingerprint density at radius 2 is 2.15 bits per heavy atom. The van der Waals surface area contributed by atoms with E-state index in [0.29, 0.717) is 30.5 Å². The molecule has 1 unspecified atom stereocenters. The molecule has 1 fully saturated rings. The van der Waals surface area contributed by atoms with Crippen molar-refractivity contribution in [2.24, 2.45) is 0 Å². The number of amides is 1. The molecule has 3 rings (SSSR count). The number of carbonyl (C=O) groups excluding carboxylic acids is 1. The Labute approximate surface area is 164 Å². The standard InChI is InChI=1S/C17H18BrFN2O3S2/c1-11-4-5-12(9-13(11)19)10-20-17(22)14-3-2-8-21(14)26(23,24)16-7-6-15(18)25-16/h4-7,9,14H,2-3,8,10H2,1H3,(H,20,22). The molecule has 2 heterocycles. The molecule has 0 bridgehead atoms. The zero-order valence-electron chi connectivity index (χ0n) is 14.0. The van der Waals surface area contributed by atoms with Crippen molar-refractivity contribution < 1.29 is 17.6 Å². The van der Waals surface area contributed by atoms with Crippen molar-refractivity contribution in [2.75, 3.05) is 6.54 Å². The highest BCUT2D eigenvalue weighted by Gasteiger charge is 2.39. The van der Waals surface area contributed by atoms with Crippen LogP contribution in [0.3, 0.4) is 0 Å². The molecule has 1 aromatic carbocycles. The highest BCUT2D eigenvalue weighted by molar-refractivity contribution is 9.11. The molecular weight excluding hydrogens is 443 g/mol. The average Bonchev–Trinajstić information content (AvgIpc) is 3.25. The van der Waals surface area contributed by atoms with Gasteiger partial charge in [0, 0.05) is 13.1 Å². The topological polar surface area (TPSA) is 66.5 Å². The van der Waals surface area contributed by atoms with E-state index in [4.69, 9.17) is 0 Å². The van der Waals surface area contributed by atoms with Crippen molar-refractivity contribution in [2.45, 2.75) is 36.6 Å². The minimum absolute atomic E-state index is 0.158. The van der Waals surface area contributed by atoms with Crippen LogP contribution in [0.1, 0.15) is 24.0 Å². The summed E-state index contributed by atoms with van der Waals surface area (Å²) in [5.74, 6) is -0.687. The van der Waals surface area contributed by atoms with Crippen LogP contribution >= 0.6 is 27.3 Å². The van der Waals surface area contributed by atoms with Crippen LogP contribution in [0, 0.1) is 12.7 Å². The highest BCUT2D eigenvalue weighted by atomic mass is 79.9. The van der Waals surface area contributed by atoms with Gasteiger partial charge in [0.05, 0.1) is 3.79 Å². The van der Waals surface area contributed by atoms with Gasteiger partial charge in [0.25, 0.3) is 10.0 Å². The average molecular weight is 461 g/mol. The van der Waals surface area contributed by atoms with Crippen molar-refractivity contribution >= 4 is 43.2 Å². The molecule has 2 aromatic rings. The van der Waals surface area contributed by atoms with E-state index in [1.54, 1.807) is 25.1 Å². The number of nitrogens with one attached hydrogen (secondary N) is 1. The molecule has 0 aliphatic carbocycles. The van der Waals surface area contributed by atoms with Crippen LogP contribution in [0.5, 0.6) is 0 Å². The lowest BCUT2D eigenvalue weighted by molar-refractivity contribution is -0.124. The SMILES string of the molecule is Cc1ccc(CNC(=O)C2CCCN2S(=O)(=O)c2ccc(Br)s2)cc1F. The van der Waals surface area contributed by atoms with Gasteiger partial charge in [-0.15, -0.1) is 11.3 Å². The van der Waals surface area contributed by atoms with E-state index in [1.165, 1.54) is 16.4 Å². The molecule has 26 heavy (non-hydrogen) atoms. The van der Waals surface area contributed by atoms with Crippen molar-refractivity contribution in [1.29, 1.82) is 0 Å². The monoisotopic (exact) mass is 460 g/mol. The third-order valence-corrected chi connectivity index (χ3v) is 8.32. The predicted molar refractivity (Wildman–Crippen MR) is 102 cm³/mol. The number of carbonyl (C=O) groups is 1. The Morgan fingerprint density at radius 3 is 2.81 bits per heavy atom. The molecule has 0 saturated carbocycles. The lowest BCUT2D eigenvalue weighted by Crippen LogP contribution is -2.45. The molecule has 1 saturated heterocycles. The van der Waals surface area contributed by atoms with Gasteiger partial charge in [-0.3, -0.25) is 4.79 Å². The quantitative estimate of drug-likeness (QED) is 0.742. The smallest absolute Gasteiger partial charge is 0.253 e. The first-order valence-electron chi connectivity index (χ1n) is 8.09. The molecular formula is C17H18BrFN2O3S2. The van der Waals surface area contributed by atoms with Crippen LogP contribution in [0.4, 0.5) is 4.39 Å². The lowest BCUT2D eigenvalue weighted by atomic mass is 10.1. The lowest BCUT2D eigenvalue weighted by Gasteiger charge is -2.22. The fourth-order valence-electron chi connectivity index (χ4n) is 2.90. The van der Waals surface area contributed by atoms with Gasteiger partial charge in [-0.2, -0.15) is 4.31 Å². The van der Waals surface area contributed by atoms with Gasteiger partial charge >= 0.3 is 0 Å². The number of aryl methyl sites for hydroxylation is 1. The Balaban J connectivity index is 1.71. The number of hydrogen-bond acceptors (Lipinski definition) is 4. The molecule has 1 aromatic heterocycles. The van der Waals surface area contributed by atoms with Crippen LogP contribution in [-0.4, -0.2) is 31.2 Å². The van der Waals surface area contributed by atoms with Gasteiger partial charge < -0.3 is 5.32 Å². The molecule has 5 nitrogen and oxygen atoms in total. The highest BCUT2D eigenvalue weighted by Crippen LogP contribution is 2.32. The van der Waals surface area contributed by atoms with E-state index in [1.807, 2.05) is 0 Å². The van der Waals surface area contributed by atoms with Gasteiger partial charge in [-0.25, -0.2) is 12.8 Å². The molecule has 1 atom stereocenters. The maximum absolute atomic E-state index is 13.6. The minimum atomic E-state index is -3.71. The van der Waals surface area contributed by atoms with Crippen LogP contribution in [-0.2, 0) is 21.4 Å². The Hall–Kier alpha value is -1.29. The second-order valence-electron chi connectivity index (χ2n) is 6.13. The zero-order valence-corrected chi connectivity index (χ0v) is 17.3. The summed E-state index contributed by atoms with van der Waals surface area (Å²) in [6.45, 7) is 2.14. The van der Waals surface area contributed by atoms with E-state index < -0.39 is 16.1 Å². The number of benzene rings is 1. The normalized spacial score (nSPS) is 18.2. The van der Waals surface area contributed by atoms with Gasteiger partial charge in [0.2, 0.25) is 5.91 Å². The van der Waals surface area contributed by atoms with Crippen LogP contribution in [0.25, 0.3) is 0 Å². The summed E-state index contributed by atoms with van der Waals surface area (Å²) in [5.41, 5.74) is 1.17. The van der Waals surface area contributed by atoms with Gasteiger partial charge in [-0.05, 0) is 65.0 Å². The summed E-state index contributed by atoms with van der Waals surface area (Å²) in [6.07, 6.45) is 1.10. The Kier molecular flexibility index (Phi) is 5.81. The number of sulfonamides is 1. The number of nitrogens with zero attached hydrogens (tertiary/aromatic N) is 1. The molecule has 140 valence electrons. The van der Waals surface area contributed by atoms with E-state index >= 15 is 0 Å². The maximum Gasteiger partial charge on any atom is 0.253 e. The summed E-state index contributed by atoms with van der Waals surface area (Å²) in [4.78, 5) is 12.5. The Morgan fingerprint density at radius 1 is 1.38 bits per heavy atom. The van der Waals surface area contributed by atoms with Crippen molar-refractivity contribution in [3.63, 3.8) is 0 Å². The summed E-state index contributed by atoms with van der Waals surface area (Å²) >= 11 is 4.39. The number of hydrogen-bond donors (Lipinski definition) is 1. The van der Waals surface area contributed by atoms with E-state index in [-0.39, 0.29) is 22.5 Å². The predicted octanol–water partition coefficient (Wildman–Crippen LogP) is 3.43. The molecule has 1 aliphatic rings. The molecule has 1 N–H and O–H groups in total. The summed E-state index contributed by atoms with van der Waals surface area (Å²) < 4.78 is 41.4. The summed E-state index contributed by atoms with van der Waals surface area (Å²) in [6, 6.07) is 7.24. The second-order valence-corrected chi connectivity index (χ2v) is 10.7. The zero-order chi connectivity index (χ0) is 18.9. The molecule has 0 radical (unpaired) electrons. The van der Waals surface area contributed by atoms with E-state index in [9.17, 15) is 17.6 Å².